The average molecular weight is 343 g/mol. The number of benzene rings is 2. The van der Waals surface area contributed by atoms with E-state index in [1.165, 1.54) is 13.2 Å². The first-order chi connectivity index (χ1) is 11.6. The Bertz CT molecular complexity index is 938. The van der Waals surface area contributed by atoms with Crippen LogP contribution in [0.2, 0.25) is 5.02 Å². The molecule has 122 valence electrons. The van der Waals surface area contributed by atoms with Crippen LogP contribution < -0.4 is 10.9 Å². The molecule has 1 aromatic heterocycles. The van der Waals surface area contributed by atoms with Gasteiger partial charge in [-0.3, -0.25) is 9.59 Å². The molecule has 1 atom stereocenters. The molecule has 0 saturated carbocycles. The van der Waals surface area contributed by atoms with Crippen molar-refractivity contribution in [3.63, 3.8) is 0 Å². The highest BCUT2D eigenvalue weighted by Gasteiger charge is 2.21. The van der Waals surface area contributed by atoms with Gasteiger partial charge in [-0.15, -0.1) is 0 Å². The van der Waals surface area contributed by atoms with Gasteiger partial charge in [0.15, 0.2) is 6.10 Å². The number of ether oxygens (including phenoxy) is 1. The van der Waals surface area contributed by atoms with Crippen LogP contribution in [-0.4, -0.2) is 18.0 Å². The van der Waals surface area contributed by atoms with Gasteiger partial charge in [-0.1, -0.05) is 41.9 Å². The van der Waals surface area contributed by atoms with E-state index < -0.39 is 6.10 Å². The smallest absolute Gasteiger partial charge is 0.258 e. The number of aromatic nitrogens is 1. The number of halogens is 1. The number of H-pyrrole nitrogens is 1. The fraction of sp³-hybridized carbons (Fsp3) is 0.111. The average Bonchev–Trinajstić information content (AvgIpc) is 2.58. The molecule has 0 radical (unpaired) electrons. The molecule has 0 aliphatic carbocycles. The zero-order valence-corrected chi connectivity index (χ0v) is 13.6. The minimum atomic E-state index is -0.753. The number of pyridine rings is 1. The Balaban J connectivity index is 1.92. The maximum Gasteiger partial charge on any atom is 0.258 e. The van der Waals surface area contributed by atoms with E-state index in [0.717, 1.165) is 5.56 Å². The van der Waals surface area contributed by atoms with Crippen molar-refractivity contribution in [1.82, 2.24) is 4.98 Å². The van der Waals surface area contributed by atoms with Crippen molar-refractivity contribution in [2.75, 3.05) is 12.4 Å². The van der Waals surface area contributed by atoms with E-state index in [-0.39, 0.29) is 16.5 Å². The van der Waals surface area contributed by atoms with Gasteiger partial charge in [-0.25, -0.2) is 0 Å². The van der Waals surface area contributed by atoms with E-state index in [0.29, 0.717) is 16.5 Å². The Hall–Kier alpha value is -2.63. The summed E-state index contributed by atoms with van der Waals surface area (Å²) in [5, 5.41) is 4.20. The highest BCUT2D eigenvalue weighted by atomic mass is 35.5. The fourth-order valence-corrected chi connectivity index (χ4v) is 2.74. The maximum absolute atomic E-state index is 12.5. The Kier molecular flexibility index (Phi) is 4.64. The van der Waals surface area contributed by atoms with Crippen molar-refractivity contribution >= 4 is 34.0 Å². The van der Waals surface area contributed by atoms with E-state index in [1.807, 2.05) is 30.3 Å². The van der Waals surface area contributed by atoms with Crippen molar-refractivity contribution in [2.45, 2.75) is 6.10 Å². The third-order valence-corrected chi connectivity index (χ3v) is 4.01. The molecule has 6 heteroatoms. The molecule has 0 fully saturated rings. The molecular formula is C18H15ClN2O3. The number of fused-ring (bicyclic) bond motifs is 1. The van der Waals surface area contributed by atoms with Gasteiger partial charge < -0.3 is 15.0 Å². The summed E-state index contributed by atoms with van der Waals surface area (Å²) < 4.78 is 5.31. The summed E-state index contributed by atoms with van der Waals surface area (Å²) in [7, 11) is 1.47. The Morgan fingerprint density at radius 2 is 1.96 bits per heavy atom. The first kappa shape index (κ1) is 16.2. The Morgan fingerprint density at radius 1 is 1.21 bits per heavy atom. The molecular weight excluding hydrogens is 328 g/mol. The van der Waals surface area contributed by atoms with Crippen LogP contribution in [0.3, 0.4) is 0 Å². The predicted molar refractivity (Wildman–Crippen MR) is 94.4 cm³/mol. The Labute approximate surface area is 143 Å². The van der Waals surface area contributed by atoms with Gasteiger partial charge in [-0.05, 0) is 29.1 Å². The number of rotatable bonds is 4. The molecule has 1 heterocycles. The van der Waals surface area contributed by atoms with Crippen molar-refractivity contribution in [1.29, 1.82) is 0 Å². The lowest BCUT2D eigenvalue weighted by Gasteiger charge is -2.16. The normalized spacial score (nSPS) is 12.1. The van der Waals surface area contributed by atoms with Gasteiger partial charge in [0.1, 0.15) is 0 Å². The zero-order chi connectivity index (χ0) is 17.1. The lowest BCUT2D eigenvalue weighted by Crippen LogP contribution is -2.22. The van der Waals surface area contributed by atoms with Crippen LogP contribution >= 0.6 is 11.6 Å². The number of nitrogens with one attached hydrogen (secondary N) is 2. The summed E-state index contributed by atoms with van der Waals surface area (Å²) >= 11 is 6.20. The summed E-state index contributed by atoms with van der Waals surface area (Å²) in [6.45, 7) is 0. The van der Waals surface area contributed by atoms with E-state index in [9.17, 15) is 9.59 Å². The number of methoxy groups -OCH3 is 1. The fourth-order valence-electron chi connectivity index (χ4n) is 2.53. The van der Waals surface area contributed by atoms with E-state index in [1.54, 1.807) is 18.3 Å². The summed E-state index contributed by atoms with van der Waals surface area (Å²) in [6.07, 6.45) is 0.795. The molecule has 0 bridgehead atoms. The standard InChI is InChI=1S/C18H15ClN2O3/c1-24-16(11-5-3-2-4-6-11)18(23)21-15-9-12-7-8-20-17(22)13(12)10-14(15)19/h2-10,16H,1H3,(H,20,22)(H,21,23)/t16-/m1/s1. The molecule has 0 spiro atoms. The molecule has 3 aromatic rings. The largest absolute Gasteiger partial charge is 0.367 e. The van der Waals surface area contributed by atoms with Gasteiger partial charge in [0.25, 0.3) is 11.5 Å². The SMILES string of the molecule is CO[C@@H](C(=O)Nc1cc2cc[nH]c(=O)c2cc1Cl)c1ccccc1. The topological polar surface area (TPSA) is 71.2 Å². The second-order valence-electron chi connectivity index (χ2n) is 5.24. The van der Waals surface area contributed by atoms with Crippen LogP contribution in [0.4, 0.5) is 5.69 Å². The highest BCUT2D eigenvalue weighted by Crippen LogP contribution is 2.28. The van der Waals surface area contributed by atoms with Crippen LogP contribution in [0.15, 0.2) is 59.5 Å². The van der Waals surface area contributed by atoms with Gasteiger partial charge in [0.05, 0.1) is 10.7 Å². The number of hydrogen-bond acceptors (Lipinski definition) is 3. The molecule has 0 aliphatic rings. The Morgan fingerprint density at radius 3 is 2.67 bits per heavy atom. The molecule has 2 N–H and O–H groups in total. The first-order valence-corrected chi connectivity index (χ1v) is 7.67. The maximum atomic E-state index is 12.5. The van der Waals surface area contributed by atoms with Crippen LogP contribution in [0.1, 0.15) is 11.7 Å². The van der Waals surface area contributed by atoms with Gasteiger partial charge in [0, 0.05) is 18.7 Å². The van der Waals surface area contributed by atoms with Gasteiger partial charge in [-0.2, -0.15) is 0 Å². The van der Waals surface area contributed by atoms with E-state index in [4.69, 9.17) is 16.3 Å². The monoisotopic (exact) mass is 342 g/mol. The first-order valence-electron chi connectivity index (χ1n) is 7.29. The quantitative estimate of drug-likeness (QED) is 0.762. The molecule has 2 aromatic carbocycles. The van der Waals surface area contributed by atoms with Crippen molar-refractivity contribution in [2.24, 2.45) is 0 Å². The van der Waals surface area contributed by atoms with Crippen molar-refractivity contribution in [3.05, 3.63) is 75.7 Å². The van der Waals surface area contributed by atoms with Crippen molar-refractivity contribution in [3.8, 4) is 0 Å². The van der Waals surface area contributed by atoms with Crippen LogP contribution in [0.25, 0.3) is 10.8 Å². The van der Waals surface area contributed by atoms with E-state index in [2.05, 4.69) is 10.3 Å². The third kappa shape index (κ3) is 3.18. The number of hydrogen-bond donors (Lipinski definition) is 2. The number of amides is 1. The minimum absolute atomic E-state index is 0.230. The summed E-state index contributed by atoms with van der Waals surface area (Å²) in [5.41, 5.74) is 0.940. The van der Waals surface area contributed by atoms with Crippen molar-refractivity contribution < 1.29 is 9.53 Å². The third-order valence-electron chi connectivity index (χ3n) is 3.70. The second kappa shape index (κ2) is 6.86. The van der Waals surface area contributed by atoms with Gasteiger partial charge >= 0.3 is 0 Å². The number of anilines is 1. The predicted octanol–water partition coefficient (Wildman–Crippen LogP) is 3.51. The van der Waals surface area contributed by atoms with Gasteiger partial charge in [0.2, 0.25) is 0 Å². The van der Waals surface area contributed by atoms with Crippen LogP contribution in [0, 0.1) is 0 Å². The molecule has 0 unspecified atom stereocenters. The molecule has 1 amide bonds. The molecule has 0 saturated heterocycles. The summed E-state index contributed by atoms with van der Waals surface area (Å²) in [5.74, 6) is -0.338. The lowest BCUT2D eigenvalue weighted by atomic mass is 10.1. The molecule has 0 aliphatic heterocycles. The molecule has 3 rings (SSSR count). The minimum Gasteiger partial charge on any atom is -0.367 e. The van der Waals surface area contributed by atoms with E-state index >= 15 is 0 Å². The number of carbonyl (C=O) groups excluding carboxylic acids is 1. The van der Waals surface area contributed by atoms with Crippen LogP contribution in [0.5, 0.6) is 0 Å². The lowest BCUT2D eigenvalue weighted by molar-refractivity contribution is -0.126. The second-order valence-corrected chi connectivity index (χ2v) is 5.65. The number of carbonyl (C=O) groups is 1. The summed E-state index contributed by atoms with van der Waals surface area (Å²) in [4.78, 5) is 26.9. The zero-order valence-electron chi connectivity index (χ0n) is 12.9. The summed E-state index contributed by atoms with van der Waals surface area (Å²) in [6, 6.07) is 14.1. The molecule has 5 nitrogen and oxygen atoms in total. The number of aromatic amines is 1. The molecule has 24 heavy (non-hydrogen) atoms. The highest BCUT2D eigenvalue weighted by molar-refractivity contribution is 6.34. The van der Waals surface area contributed by atoms with Crippen LogP contribution in [-0.2, 0) is 9.53 Å².